The van der Waals surface area contributed by atoms with Gasteiger partial charge >= 0.3 is 41.9 Å². The number of benzene rings is 1. The van der Waals surface area contributed by atoms with E-state index in [1.54, 1.807) is 0 Å². The molecule has 0 bridgehead atoms. The van der Waals surface area contributed by atoms with Gasteiger partial charge in [0.1, 0.15) is 5.75 Å². The Labute approximate surface area is 192 Å². The molecule has 1 aromatic rings. The van der Waals surface area contributed by atoms with E-state index in [-0.39, 0.29) is 12.1 Å². The molecule has 0 amide bonds. The Morgan fingerprint density at radius 1 is 0.676 bits per heavy atom. The van der Waals surface area contributed by atoms with Gasteiger partial charge in [0.05, 0.1) is 4.90 Å². The van der Waals surface area contributed by atoms with Crippen molar-refractivity contribution in [1.29, 1.82) is 0 Å². The van der Waals surface area contributed by atoms with Gasteiger partial charge in [-0.3, -0.25) is 4.55 Å². The Bertz CT molecular complexity index is 1150. The van der Waals surface area contributed by atoms with Gasteiger partial charge in [-0.05, 0) is 12.1 Å². The van der Waals surface area contributed by atoms with Crippen LogP contribution in [0, 0.1) is 0 Å². The molecule has 0 atom stereocenters. The summed E-state index contributed by atoms with van der Waals surface area (Å²) in [6.45, 7) is 0. The average Bonchev–Trinajstić information content (AvgIpc) is 2.70. The normalized spacial score (nSPS) is 15.9. The summed E-state index contributed by atoms with van der Waals surface area (Å²) >= 11 is 0. The van der Waals surface area contributed by atoms with E-state index in [0.29, 0.717) is 12.1 Å². The van der Waals surface area contributed by atoms with Gasteiger partial charge < -0.3 is 4.74 Å². The molecule has 0 unspecified atom stereocenters. The van der Waals surface area contributed by atoms with Crippen LogP contribution in [0.5, 0.6) is 5.75 Å². The summed E-state index contributed by atoms with van der Waals surface area (Å²) < 4.78 is 257. The first-order chi connectivity index (χ1) is 16.0. The lowest BCUT2D eigenvalue weighted by Crippen LogP contribution is -2.70. The van der Waals surface area contributed by atoms with E-state index in [0.717, 1.165) is 0 Å². The zero-order valence-corrected chi connectivity index (χ0v) is 17.1. The van der Waals surface area contributed by atoms with Crippen molar-refractivity contribution in [2.75, 3.05) is 0 Å². The Morgan fingerprint density at radius 3 is 1.51 bits per heavy atom. The highest BCUT2D eigenvalue weighted by molar-refractivity contribution is 7.85. The summed E-state index contributed by atoms with van der Waals surface area (Å²) in [5.74, 6) is -53.1. The molecule has 0 spiro atoms. The van der Waals surface area contributed by atoms with Crippen molar-refractivity contribution < 1.29 is 92.3 Å². The van der Waals surface area contributed by atoms with Crippen molar-refractivity contribution in [3.8, 4) is 5.75 Å². The predicted octanol–water partition coefficient (Wildman–Crippen LogP) is 6.79. The zero-order chi connectivity index (χ0) is 29.8. The first-order valence-electron chi connectivity index (χ1n) is 8.16. The largest absolute Gasteiger partial charge is 0.460 e. The van der Waals surface area contributed by atoms with Crippen LogP contribution >= 0.6 is 0 Å². The predicted molar refractivity (Wildman–Crippen MR) is 81.9 cm³/mol. The monoisotopic (exact) mass is 604 g/mol. The van der Waals surface area contributed by atoms with Gasteiger partial charge in [0.25, 0.3) is 10.1 Å². The highest BCUT2D eigenvalue weighted by Gasteiger charge is 2.91. The smallest absolute Gasteiger partial charge is 0.427 e. The average molecular weight is 604 g/mol. The fourth-order valence-corrected chi connectivity index (χ4v) is 2.58. The quantitative estimate of drug-likeness (QED) is 0.249. The number of ether oxygens (including phenoxy) is 1. The van der Waals surface area contributed by atoms with Crippen molar-refractivity contribution in [3.05, 3.63) is 35.9 Å². The first kappa shape index (κ1) is 32.5. The molecule has 0 fully saturated rings. The van der Waals surface area contributed by atoms with Crippen LogP contribution in [-0.2, 0) is 10.1 Å². The molecule has 0 aromatic heterocycles. The fraction of sp³-hybridized carbons (Fsp3) is 0.467. The second-order valence-electron chi connectivity index (χ2n) is 6.57. The number of hydrogen-bond donors (Lipinski definition) is 1. The summed E-state index contributed by atoms with van der Waals surface area (Å²) in [5, 5.41) is 0. The van der Waals surface area contributed by atoms with Crippen LogP contribution in [0.1, 0.15) is 0 Å². The topological polar surface area (TPSA) is 63.6 Å². The molecule has 1 rings (SSSR count). The maximum Gasteiger partial charge on any atom is 0.460 e. The Hall–Kier alpha value is -2.52. The van der Waals surface area contributed by atoms with Crippen LogP contribution in [0.4, 0.5) is 74.6 Å². The molecule has 22 heteroatoms. The van der Waals surface area contributed by atoms with Gasteiger partial charge in [-0.25, -0.2) is 4.39 Å². The number of hydrogen-bond acceptors (Lipinski definition) is 3. The second kappa shape index (κ2) is 9.05. The van der Waals surface area contributed by atoms with Crippen molar-refractivity contribution >= 4 is 10.1 Å². The highest BCUT2D eigenvalue weighted by Crippen LogP contribution is 2.61. The first-order valence-corrected chi connectivity index (χ1v) is 9.60. The van der Waals surface area contributed by atoms with Gasteiger partial charge in [-0.15, -0.1) is 0 Å². The zero-order valence-electron chi connectivity index (χ0n) is 16.3. The van der Waals surface area contributed by atoms with E-state index >= 15 is 0 Å². The van der Waals surface area contributed by atoms with Crippen molar-refractivity contribution in [3.63, 3.8) is 0 Å². The van der Waals surface area contributed by atoms with E-state index in [1.807, 2.05) is 0 Å². The third-order valence-corrected chi connectivity index (χ3v) is 4.86. The molecule has 1 aromatic carbocycles. The SMILES string of the molecule is O=S(=O)(O)c1cccc(OC(F)(F)/C(F)=C(\F)C(F)(F)C(F)(F)C(F)(F)C(F)(F)C(F)(F)C(F)(F)F)c1. The minimum absolute atomic E-state index is 0.144. The molecule has 0 saturated carbocycles. The molecular formula is C15H5F17O4S. The van der Waals surface area contributed by atoms with Gasteiger partial charge in [-0.2, -0.15) is 78.7 Å². The highest BCUT2D eigenvalue weighted by atomic mass is 32.2. The van der Waals surface area contributed by atoms with Crippen LogP contribution in [0.15, 0.2) is 40.8 Å². The van der Waals surface area contributed by atoms with Crippen molar-refractivity contribution in [1.82, 2.24) is 0 Å². The van der Waals surface area contributed by atoms with Crippen LogP contribution in [0.3, 0.4) is 0 Å². The Kier molecular flexibility index (Phi) is 7.95. The van der Waals surface area contributed by atoms with E-state index in [9.17, 15) is 83.1 Å². The van der Waals surface area contributed by atoms with E-state index in [2.05, 4.69) is 4.74 Å². The summed E-state index contributed by atoms with van der Waals surface area (Å²) in [6, 6.07) is 0.906. The van der Waals surface area contributed by atoms with Gasteiger partial charge in [0.2, 0.25) is 11.7 Å². The van der Waals surface area contributed by atoms with Gasteiger partial charge in [0, 0.05) is 6.07 Å². The van der Waals surface area contributed by atoms with Crippen LogP contribution < -0.4 is 4.74 Å². The Morgan fingerprint density at radius 2 is 1.11 bits per heavy atom. The molecule has 37 heavy (non-hydrogen) atoms. The summed E-state index contributed by atoms with van der Waals surface area (Å²) in [4.78, 5) is -1.34. The molecule has 0 aliphatic carbocycles. The summed E-state index contributed by atoms with van der Waals surface area (Å²) in [6.07, 6.45) is -14.1. The Balaban J connectivity index is 3.61. The maximum atomic E-state index is 13.7. The molecule has 214 valence electrons. The van der Waals surface area contributed by atoms with Gasteiger partial charge in [-0.1, -0.05) is 6.07 Å². The number of rotatable bonds is 9. The van der Waals surface area contributed by atoms with Crippen molar-refractivity contribution in [2.45, 2.75) is 46.8 Å². The van der Waals surface area contributed by atoms with E-state index in [4.69, 9.17) is 4.55 Å². The molecule has 0 aliphatic heterocycles. The third-order valence-electron chi connectivity index (χ3n) is 4.01. The molecule has 0 saturated heterocycles. The lowest BCUT2D eigenvalue weighted by molar-refractivity contribution is -0.437. The number of allylic oxidation sites excluding steroid dienone is 1. The van der Waals surface area contributed by atoms with Crippen LogP contribution in [0.25, 0.3) is 0 Å². The third kappa shape index (κ3) is 5.25. The van der Waals surface area contributed by atoms with Crippen molar-refractivity contribution in [2.24, 2.45) is 0 Å². The minimum Gasteiger partial charge on any atom is -0.427 e. The molecule has 0 radical (unpaired) electrons. The molecular weight excluding hydrogens is 599 g/mol. The van der Waals surface area contributed by atoms with Crippen LogP contribution in [0.2, 0.25) is 0 Å². The lowest BCUT2D eigenvalue weighted by atomic mass is 9.93. The minimum atomic E-state index is -8.60. The molecule has 1 N–H and O–H groups in total. The lowest BCUT2D eigenvalue weighted by Gasteiger charge is -2.39. The summed E-state index contributed by atoms with van der Waals surface area (Å²) in [7, 11) is -5.23. The number of halogens is 17. The van der Waals surface area contributed by atoms with E-state index < -0.39 is 74.3 Å². The maximum absolute atomic E-state index is 13.7. The number of alkyl halides is 15. The molecule has 0 heterocycles. The molecule has 4 nitrogen and oxygen atoms in total. The standard InChI is InChI=1S/C15H5F17O4S/c16-7(8(17)10(20,21)36-5-2-1-3-6(4-5)37(33,34)35)9(18,19)11(22,23)12(24,25)13(26,27)14(28,29)15(30,31)32/h1-4H,(H,33,34,35)/b8-7+. The molecule has 0 aliphatic rings. The van der Waals surface area contributed by atoms with Gasteiger partial charge in [0.15, 0.2) is 0 Å². The second-order valence-corrected chi connectivity index (χ2v) is 7.99. The van der Waals surface area contributed by atoms with Crippen LogP contribution in [-0.4, -0.2) is 54.9 Å². The summed E-state index contributed by atoms with van der Waals surface area (Å²) in [5.41, 5.74) is 0. The fourth-order valence-electron chi connectivity index (χ4n) is 2.06. The van der Waals surface area contributed by atoms with E-state index in [1.165, 1.54) is 0 Å².